The number of aliphatic hydroxyl groups is 1. The van der Waals surface area contributed by atoms with Crippen molar-refractivity contribution in [3.8, 4) is 0 Å². The van der Waals surface area contributed by atoms with Crippen molar-refractivity contribution in [1.29, 1.82) is 0 Å². The summed E-state index contributed by atoms with van der Waals surface area (Å²) >= 11 is 0. The van der Waals surface area contributed by atoms with E-state index in [0.717, 1.165) is 37.7 Å². The average Bonchev–Trinajstić information content (AvgIpc) is 2.56. The van der Waals surface area contributed by atoms with Crippen LogP contribution in [0.15, 0.2) is 35.4 Å². The highest BCUT2D eigenvalue weighted by molar-refractivity contribution is 5.94. The van der Waals surface area contributed by atoms with Crippen LogP contribution in [0.2, 0.25) is 0 Å². The fraction of sp³-hybridized carbons (Fsp3) is 0.640. The molecule has 0 radical (unpaired) electrons. The molecule has 4 rings (SSSR count). The van der Waals surface area contributed by atoms with Gasteiger partial charge in [0.05, 0.1) is 16.6 Å². The number of benzene rings is 1. The lowest BCUT2D eigenvalue weighted by atomic mass is 9.49. The van der Waals surface area contributed by atoms with Crippen LogP contribution in [-0.2, 0) is 0 Å². The van der Waals surface area contributed by atoms with Gasteiger partial charge in [0.15, 0.2) is 0 Å². The Labute approximate surface area is 184 Å². The summed E-state index contributed by atoms with van der Waals surface area (Å²) in [7, 11) is 0. The molecule has 1 saturated carbocycles. The van der Waals surface area contributed by atoms with Crippen LogP contribution in [0.5, 0.6) is 0 Å². The van der Waals surface area contributed by atoms with Gasteiger partial charge in [-0.25, -0.2) is 0 Å². The molecule has 6 nitrogen and oxygen atoms in total. The zero-order valence-electron chi connectivity index (χ0n) is 19.2. The Morgan fingerprint density at radius 2 is 1.68 bits per heavy atom. The number of carbonyl (C=O) groups excluding carboxylic acids is 1. The van der Waals surface area contributed by atoms with Crippen molar-refractivity contribution >= 4 is 11.6 Å². The molecule has 31 heavy (non-hydrogen) atoms. The number of nitro groups is 1. The predicted octanol–water partition coefficient (Wildman–Crippen LogP) is 5.16. The molecule has 168 valence electrons. The molecule has 0 aromatic heterocycles. The zero-order chi connectivity index (χ0) is 22.8. The van der Waals surface area contributed by atoms with Crippen LogP contribution < -0.4 is 5.32 Å². The van der Waals surface area contributed by atoms with E-state index in [9.17, 15) is 20.0 Å². The molecule has 2 N–H and O–H groups in total. The van der Waals surface area contributed by atoms with E-state index >= 15 is 0 Å². The summed E-state index contributed by atoms with van der Waals surface area (Å²) in [6.45, 7) is 11.2. The predicted molar refractivity (Wildman–Crippen MR) is 120 cm³/mol. The first-order valence-electron chi connectivity index (χ1n) is 11.2. The maximum atomic E-state index is 13.1. The second-order valence-corrected chi connectivity index (χ2v) is 12.1. The number of nitrogens with one attached hydrogen (secondary N) is 1. The van der Waals surface area contributed by atoms with Crippen molar-refractivity contribution in [1.82, 2.24) is 5.32 Å². The van der Waals surface area contributed by atoms with E-state index in [2.05, 4.69) is 39.9 Å². The Hall–Kier alpha value is -2.21. The number of hydrogen-bond acceptors (Lipinski definition) is 4. The van der Waals surface area contributed by atoms with Crippen molar-refractivity contribution in [3.05, 3.63) is 51.1 Å². The summed E-state index contributed by atoms with van der Waals surface area (Å²) in [5.74, 6) is -0.253. The Kier molecular flexibility index (Phi) is 4.89. The number of rotatable bonds is 3. The summed E-state index contributed by atoms with van der Waals surface area (Å²) in [5.41, 5.74) is 1.96. The molecule has 2 bridgehead atoms. The highest BCUT2D eigenvalue weighted by Crippen LogP contribution is 2.62. The van der Waals surface area contributed by atoms with Crippen molar-refractivity contribution in [3.63, 3.8) is 0 Å². The number of hydrogen-bond donors (Lipinski definition) is 2. The normalized spacial score (nSPS) is 33.4. The van der Waals surface area contributed by atoms with Gasteiger partial charge < -0.3 is 10.4 Å². The van der Waals surface area contributed by atoms with Crippen LogP contribution in [0.25, 0.3) is 0 Å². The fourth-order valence-electron chi connectivity index (χ4n) is 7.23. The molecule has 3 aliphatic carbocycles. The topological polar surface area (TPSA) is 92.5 Å². The van der Waals surface area contributed by atoms with E-state index in [1.807, 2.05) is 0 Å². The number of fused-ring (bicyclic) bond motifs is 3. The molecule has 0 unspecified atom stereocenters. The summed E-state index contributed by atoms with van der Waals surface area (Å²) < 4.78 is 0. The van der Waals surface area contributed by atoms with E-state index in [1.165, 1.54) is 29.8 Å². The van der Waals surface area contributed by atoms with Gasteiger partial charge in [0.2, 0.25) is 0 Å². The number of non-ortho nitro benzene ring substituents is 1. The van der Waals surface area contributed by atoms with E-state index in [0.29, 0.717) is 12.0 Å². The minimum atomic E-state index is -0.895. The number of allylic oxidation sites excluding steroid dienone is 1. The van der Waals surface area contributed by atoms with Gasteiger partial charge in [0, 0.05) is 17.7 Å². The number of nitro benzene ring substituents is 1. The summed E-state index contributed by atoms with van der Waals surface area (Å²) in [4.78, 5) is 23.5. The second-order valence-electron chi connectivity index (χ2n) is 12.1. The molecule has 0 spiro atoms. The molecule has 1 amide bonds. The highest BCUT2D eigenvalue weighted by Gasteiger charge is 2.57. The second kappa shape index (κ2) is 6.89. The largest absolute Gasteiger partial charge is 0.385 e. The molecule has 1 aromatic carbocycles. The summed E-state index contributed by atoms with van der Waals surface area (Å²) in [6, 6.07) is 5.46. The standard InChI is InChI=1S/C25H34N2O4/c1-22(2)10-17-11-24(5)13-23(3,4)14-25(29,15-24)20(17)19(12-22)26-21(28)16-6-8-18(9-7-16)27(30)31/h6-9,19,29H,10-15H2,1-5H3,(H,26,28)/t19-,24-,25-/m0/s1. The van der Waals surface area contributed by atoms with Crippen LogP contribution in [0, 0.1) is 26.4 Å². The Balaban J connectivity index is 1.68. The summed E-state index contributed by atoms with van der Waals surface area (Å²) in [5, 5.41) is 26.0. The maximum Gasteiger partial charge on any atom is 0.269 e. The van der Waals surface area contributed by atoms with E-state index in [1.54, 1.807) is 0 Å². The Bertz CT molecular complexity index is 962. The Morgan fingerprint density at radius 3 is 2.29 bits per heavy atom. The molecule has 1 aromatic rings. The van der Waals surface area contributed by atoms with Gasteiger partial charge in [-0.15, -0.1) is 0 Å². The molecular weight excluding hydrogens is 392 g/mol. The van der Waals surface area contributed by atoms with Crippen molar-refractivity contribution in [2.75, 3.05) is 0 Å². The average molecular weight is 427 g/mol. The van der Waals surface area contributed by atoms with Gasteiger partial charge in [-0.1, -0.05) is 40.2 Å². The first-order chi connectivity index (χ1) is 14.2. The molecule has 0 aliphatic heterocycles. The van der Waals surface area contributed by atoms with E-state index in [4.69, 9.17) is 0 Å². The van der Waals surface area contributed by atoms with Crippen molar-refractivity contribution < 1.29 is 14.8 Å². The van der Waals surface area contributed by atoms with Crippen LogP contribution in [-0.4, -0.2) is 27.6 Å². The van der Waals surface area contributed by atoms with E-state index in [-0.39, 0.29) is 33.9 Å². The maximum absolute atomic E-state index is 13.1. The molecule has 0 saturated heterocycles. The van der Waals surface area contributed by atoms with Gasteiger partial charge >= 0.3 is 0 Å². The number of amides is 1. The van der Waals surface area contributed by atoms with Crippen molar-refractivity contribution in [2.45, 2.75) is 84.8 Å². The molecule has 6 heteroatoms. The smallest absolute Gasteiger partial charge is 0.269 e. The third kappa shape index (κ3) is 4.14. The summed E-state index contributed by atoms with van der Waals surface area (Å²) in [6.07, 6.45) is 5.24. The van der Waals surface area contributed by atoms with Gasteiger partial charge in [-0.3, -0.25) is 14.9 Å². The zero-order valence-corrected chi connectivity index (χ0v) is 19.2. The highest BCUT2D eigenvalue weighted by atomic mass is 16.6. The molecule has 0 heterocycles. The van der Waals surface area contributed by atoms with E-state index < -0.39 is 10.5 Å². The van der Waals surface area contributed by atoms with Crippen LogP contribution in [0.4, 0.5) is 5.69 Å². The third-order valence-electron chi connectivity index (χ3n) is 7.36. The first kappa shape index (κ1) is 22.0. The fourth-order valence-corrected chi connectivity index (χ4v) is 7.23. The first-order valence-corrected chi connectivity index (χ1v) is 11.2. The van der Waals surface area contributed by atoms with Gasteiger partial charge in [-0.05, 0) is 72.5 Å². The lowest BCUT2D eigenvalue weighted by molar-refractivity contribution is -0.384. The SMILES string of the molecule is CC1(C)CC2=C([C@@H](NC(=O)c3ccc([N+](=O)[O-])cc3)C1)[C@]1(O)CC(C)(C)C[C@](C)(C2)C1. The lowest BCUT2D eigenvalue weighted by Gasteiger charge is -2.59. The molecular formula is C25H34N2O4. The minimum Gasteiger partial charge on any atom is -0.385 e. The number of carbonyl (C=O) groups is 1. The quantitative estimate of drug-likeness (QED) is 0.397. The van der Waals surface area contributed by atoms with Gasteiger partial charge in [0.25, 0.3) is 11.6 Å². The number of nitrogens with zero attached hydrogens (tertiary/aromatic N) is 1. The third-order valence-corrected chi connectivity index (χ3v) is 7.36. The van der Waals surface area contributed by atoms with Gasteiger partial charge in [0.1, 0.15) is 0 Å². The van der Waals surface area contributed by atoms with Crippen LogP contribution in [0.3, 0.4) is 0 Å². The van der Waals surface area contributed by atoms with Crippen molar-refractivity contribution in [2.24, 2.45) is 16.2 Å². The molecule has 3 atom stereocenters. The molecule has 1 fully saturated rings. The Morgan fingerprint density at radius 1 is 1.03 bits per heavy atom. The molecule has 3 aliphatic rings. The lowest BCUT2D eigenvalue weighted by Crippen LogP contribution is -2.58. The van der Waals surface area contributed by atoms with Gasteiger partial charge in [-0.2, -0.15) is 0 Å². The van der Waals surface area contributed by atoms with Crippen LogP contribution in [0.1, 0.15) is 83.5 Å². The van der Waals surface area contributed by atoms with Crippen LogP contribution >= 0.6 is 0 Å². The minimum absolute atomic E-state index is 0.0279. The monoisotopic (exact) mass is 426 g/mol.